The second-order valence-corrected chi connectivity index (χ2v) is 6.78. The second kappa shape index (κ2) is 8.11. The normalized spacial score (nSPS) is 20.0. The zero-order chi connectivity index (χ0) is 17.6. The third-order valence-electron chi connectivity index (χ3n) is 5.21. The molecule has 0 N–H and O–H groups in total. The summed E-state index contributed by atoms with van der Waals surface area (Å²) in [6.45, 7) is 5.75. The van der Waals surface area contributed by atoms with Gasteiger partial charge in [0.05, 0.1) is 11.6 Å². The monoisotopic (exact) mass is 337 g/mol. The number of carbonyl (C=O) groups is 1. The van der Waals surface area contributed by atoms with Crippen molar-refractivity contribution in [3.05, 3.63) is 48.5 Å². The Morgan fingerprint density at radius 2 is 1.60 bits per heavy atom. The smallest absolute Gasteiger partial charge is 0.314 e. The van der Waals surface area contributed by atoms with Crippen LogP contribution in [0.3, 0.4) is 0 Å². The summed E-state index contributed by atoms with van der Waals surface area (Å²) in [5.41, 5.74) is 3.04. The topological polar surface area (TPSA) is 38.7 Å². The van der Waals surface area contributed by atoms with E-state index in [0.29, 0.717) is 5.75 Å². The molecule has 0 bridgehead atoms. The number of esters is 1. The molecule has 3 heteroatoms. The van der Waals surface area contributed by atoms with Gasteiger partial charge in [-0.3, -0.25) is 9.79 Å². The van der Waals surface area contributed by atoms with E-state index in [1.165, 1.54) is 6.42 Å². The SMILES string of the molecule is C=Nc1ccc(-c2ccc(OC(=O)C3CCC(CC)CC3)cc2)cc1.[HH]. The van der Waals surface area contributed by atoms with Gasteiger partial charge < -0.3 is 4.74 Å². The lowest BCUT2D eigenvalue weighted by Gasteiger charge is -2.26. The number of nitrogens with zero attached hydrogens (tertiary/aromatic N) is 1. The van der Waals surface area contributed by atoms with Crippen molar-refractivity contribution in [2.24, 2.45) is 16.8 Å². The van der Waals surface area contributed by atoms with E-state index in [9.17, 15) is 4.79 Å². The van der Waals surface area contributed by atoms with Crippen molar-refractivity contribution in [2.75, 3.05) is 0 Å². The van der Waals surface area contributed by atoms with Crippen molar-refractivity contribution < 1.29 is 11.0 Å². The summed E-state index contributed by atoms with van der Waals surface area (Å²) in [6.07, 6.45) is 5.42. The highest BCUT2D eigenvalue weighted by Crippen LogP contribution is 2.32. The average molecular weight is 337 g/mol. The number of benzene rings is 2. The van der Waals surface area contributed by atoms with Crippen LogP contribution in [0.15, 0.2) is 53.5 Å². The lowest BCUT2D eigenvalue weighted by molar-refractivity contribution is -0.140. The molecular formula is C22H27NO2. The largest absolute Gasteiger partial charge is 0.426 e. The highest BCUT2D eigenvalue weighted by atomic mass is 16.5. The molecule has 2 aromatic rings. The molecule has 2 aromatic carbocycles. The van der Waals surface area contributed by atoms with Crippen molar-refractivity contribution in [1.82, 2.24) is 0 Å². The summed E-state index contributed by atoms with van der Waals surface area (Å²) in [6, 6.07) is 15.6. The van der Waals surface area contributed by atoms with Gasteiger partial charge in [-0.25, -0.2) is 0 Å². The van der Waals surface area contributed by atoms with Gasteiger partial charge in [-0.1, -0.05) is 37.6 Å². The molecule has 3 nitrogen and oxygen atoms in total. The summed E-state index contributed by atoms with van der Waals surface area (Å²) >= 11 is 0. The fourth-order valence-electron chi connectivity index (χ4n) is 3.48. The number of aliphatic imine (C=N–C) groups is 1. The second-order valence-electron chi connectivity index (χ2n) is 6.78. The molecule has 0 aromatic heterocycles. The number of hydrogen-bond donors (Lipinski definition) is 0. The molecule has 132 valence electrons. The van der Waals surface area contributed by atoms with E-state index in [0.717, 1.165) is 48.4 Å². The van der Waals surface area contributed by atoms with E-state index in [4.69, 9.17) is 4.74 Å². The van der Waals surface area contributed by atoms with Crippen LogP contribution in [0.25, 0.3) is 11.1 Å². The van der Waals surface area contributed by atoms with Crippen molar-refractivity contribution >= 4 is 18.4 Å². The predicted molar refractivity (Wildman–Crippen MR) is 105 cm³/mol. The van der Waals surface area contributed by atoms with Crippen LogP contribution in [-0.2, 0) is 4.79 Å². The Bertz CT molecular complexity index is 717. The Labute approximate surface area is 151 Å². The van der Waals surface area contributed by atoms with Crippen molar-refractivity contribution in [2.45, 2.75) is 39.0 Å². The Balaban J connectivity index is 0.00000243. The molecular weight excluding hydrogens is 310 g/mol. The van der Waals surface area contributed by atoms with Gasteiger partial charge in [-0.15, -0.1) is 0 Å². The summed E-state index contributed by atoms with van der Waals surface area (Å²) in [7, 11) is 0. The predicted octanol–water partition coefficient (Wildman–Crippen LogP) is 6.05. The standard InChI is InChI=1S/C22H25NO2.H2/c1-3-16-4-6-19(7-5-16)22(24)25-21-14-10-18(11-15-21)17-8-12-20(23-2)13-9-17;/h8-16,19H,2-7H2,1H3;1H. The van der Waals surface area contributed by atoms with Crippen LogP contribution in [0.1, 0.15) is 40.5 Å². The van der Waals surface area contributed by atoms with Gasteiger partial charge >= 0.3 is 5.97 Å². The van der Waals surface area contributed by atoms with Crippen molar-refractivity contribution in [1.29, 1.82) is 0 Å². The first-order valence-corrected chi connectivity index (χ1v) is 9.08. The van der Waals surface area contributed by atoms with Gasteiger partial charge in [0.25, 0.3) is 0 Å². The van der Waals surface area contributed by atoms with E-state index in [1.807, 2.05) is 48.5 Å². The minimum absolute atomic E-state index is 0. The van der Waals surface area contributed by atoms with Gasteiger partial charge in [0.2, 0.25) is 0 Å². The first-order chi connectivity index (χ1) is 12.2. The average Bonchev–Trinajstić information content (AvgIpc) is 2.68. The number of carbonyl (C=O) groups excluding carboxylic acids is 1. The lowest BCUT2D eigenvalue weighted by atomic mass is 9.81. The molecule has 0 spiro atoms. The van der Waals surface area contributed by atoms with Crippen LogP contribution in [0.5, 0.6) is 5.75 Å². The summed E-state index contributed by atoms with van der Waals surface area (Å²) in [5.74, 6) is 1.38. The van der Waals surface area contributed by atoms with Crippen LogP contribution in [0, 0.1) is 11.8 Å². The molecule has 0 aliphatic heterocycles. The lowest BCUT2D eigenvalue weighted by Crippen LogP contribution is -2.25. The summed E-state index contributed by atoms with van der Waals surface area (Å²) in [4.78, 5) is 16.2. The summed E-state index contributed by atoms with van der Waals surface area (Å²) in [5, 5.41) is 0. The molecule has 3 rings (SSSR count). The molecule has 0 amide bonds. The van der Waals surface area contributed by atoms with E-state index in [2.05, 4.69) is 18.6 Å². The highest BCUT2D eigenvalue weighted by molar-refractivity contribution is 5.75. The first kappa shape index (κ1) is 17.4. The fourth-order valence-corrected chi connectivity index (χ4v) is 3.48. The van der Waals surface area contributed by atoms with Crippen LogP contribution < -0.4 is 4.74 Å². The third-order valence-corrected chi connectivity index (χ3v) is 5.21. The summed E-state index contributed by atoms with van der Waals surface area (Å²) < 4.78 is 5.59. The van der Waals surface area contributed by atoms with Gasteiger partial charge in [0.1, 0.15) is 5.75 Å². The highest BCUT2D eigenvalue weighted by Gasteiger charge is 2.26. The van der Waals surface area contributed by atoms with E-state index >= 15 is 0 Å². The molecule has 0 unspecified atom stereocenters. The Morgan fingerprint density at radius 1 is 1.04 bits per heavy atom. The molecule has 1 saturated carbocycles. The molecule has 0 atom stereocenters. The quantitative estimate of drug-likeness (QED) is 0.378. The van der Waals surface area contributed by atoms with Crippen LogP contribution in [0.2, 0.25) is 0 Å². The third kappa shape index (κ3) is 4.36. The first-order valence-electron chi connectivity index (χ1n) is 9.08. The number of hydrogen-bond acceptors (Lipinski definition) is 3. The minimum atomic E-state index is -0.0799. The van der Waals surface area contributed by atoms with Crippen LogP contribution in [-0.4, -0.2) is 12.7 Å². The van der Waals surface area contributed by atoms with Gasteiger partial charge in [0.15, 0.2) is 0 Å². The Morgan fingerprint density at radius 3 is 2.12 bits per heavy atom. The minimum Gasteiger partial charge on any atom is -0.426 e. The molecule has 1 fully saturated rings. The molecule has 0 radical (unpaired) electrons. The van der Waals surface area contributed by atoms with E-state index in [1.54, 1.807) is 0 Å². The van der Waals surface area contributed by atoms with Crippen molar-refractivity contribution in [3.63, 3.8) is 0 Å². The van der Waals surface area contributed by atoms with Crippen LogP contribution >= 0.6 is 0 Å². The molecule has 0 heterocycles. The zero-order valence-electron chi connectivity index (χ0n) is 14.8. The maximum Gasteiger partial charge on any atom is 0.314 e. The van der Waals surface area contributed by atoms with E-state index < -0.39 is 0 Å². The fraction of sp³-hybridized carbons (Fsp3) is 0.364. The van der Waals surface area contributed by atoms with Gasteiger partial charge in [-0.2, -0.15) is 0 Å². The van der Waals surface area contributed by atoms with Gasteiger partial charge in [0, 0.05) is 1.43 Å². The Hall–Kier alpha value is -2.42. The molecule has 1 aliphatic carbocycles. The maximum atomic E-state index is 12.3. The number of rotatable bonds is 5. The molecule has 0 saturated heterocycles. The van der Waals surface area contributed by atoms with Crippen molar-refractivity contribution in [3.8, 4) is 16.9 Å². The van der Waals surface area contributed by atoms with E-state index in [-0.39, 0.29) is 13.3 Å². The molecule has 25 heavy (non-hydrogen) atoms. The number of ether oxygens (including phenoxy) is 1. The Kier molecular flexibility index (Phi) is 5.64. The maximum absolute atomic E-state index is 12.3. The van der Waals surface area contributed by atoms with Gasteiger partial charge in [-0.05, 0) is 73.7 Å². The molecule has 1 aliphatic rings. The zero-order valence-corrected chi connectivity index (χ0v) is 14.8. The van der Waals surface area contributed by atoms with Crippen LogP contribution in [0.4, 0.5) is 5.69 Å².